The number of nitrogens with zero attached hydrogens (tertiary/aromatic N) is 1. The molecule has 0 heterocycles. The van der Waals surface area contributed by atoms with Gasteiger partial charge < -0.3 is 4.48 Å². The zero-order chi connectivity index (χ0) is 7.49. The van der Waals surface area contributed by atoms with Gasteiger partial charge in [-0.25, -0.2) is 0 Å². The van der Waals surface area contributed by atoms with E-state index in [2.05, 4.69) is 21.1 Å². The maximum atomic E-state index is 5.80. The van der Waals surface area contributed by atoms with Gasteiger partial charge >= 0.3 is 0 Å². The standard InChI is InChI=1S/C6H14Cl2N/c1-9(2,3)5-6(8)4-7/h6H,4-5H2,1-3H3/q+1/t6-/m1/s1. The van der Waals surface area contributed by atoms with Crippen molar-refractivity contribution in [2.45, 2.75) is 5.38 Å². The van der Waals surface area contributed by atoms with E-state index in [4.69, 9.17) is 23.2 Å². The van der Waals surface area contributed by atoms with Crippen LogP contribution in [0.3, 0.4) is 0 Å². The van der Waals surface area contributed by atoms with Gasteiger partial charge in [0.05, 0.1) is 33.1 Å². The van der Waals surface area contributed by atoms with Crippen LogP contribution in [0.25, 0.3) is 0 Å². The SMILES string of the molecule is C[N+](C)(C)C[C@H](Cl)CCl. The molecule has 9 heavy (non-hydrogen) atoms. The van der Waals surface area contributed by atoms with E-state index in [1.165, 1.54) is 0 Å². The largest absolute Gasteiger partial charge is 0.330 e. The van der Waals surface area contributed by atoms with Crippen molar-refractivity contribution in [2.24, 2.45) is 0 Å². The number of quaternary nitrogens is 1. The molecule has 56 valence electrons. The molecule has 0 aliphatic heterocycles. The first kappa shape index (κ1) is 9.54. The van der Waals surface area contributed by atoms with Crippen molar-refractivity contribution in [3.63, 3.8) is 0 Å². The summed E-state index contributed by atoms with van der Waals surface area (Å²) in [5.74, 6) is 0.539. The van der Waals surface area contributed by atoms with Gasteiger partial charge in [0.2, 0.25) is 0 Å². The average Bonchev–Trinajstić information content (AvgIpc) is 1.62. The van der Waals surface area contributed by atoms with Gasteiger partial charge in [0.15, 0.2) is 0 Å². The first-order chi connectivity index (χ1) is 3.95. The maximum Gasteiger partial charge on any atom is 0.0960 e. The first-order valence-electron chi connectivity index (χ1n) is 2.96. The van der Waals surface area contributed by atoms with Crippen molar-refractivity contribution in [1.29, 1.82) is 0 Å². The molecule has 0 aromatic heterocycles. The Labute approximate surface area is 67.1 Å². The number of hydrogen-bond donors (Lipinski definition) is 0. The molecule has 0 unspecified atom stereocenters. The molecule has 0 aliphatic carbocycles. The molecule has 0 rings (SSSR count). The highest BCUT2D eigenvalue weighted by Crippen LogP contribution is 2.03. The quantitative estimate of drug-likeness (QED) is 0.446. The van der Waals surface area contributed by atoms with Crippen LogP contribution in [0.2, 0.25) is 0 Å². The molecular weight excluding hydrogens is 157 g/mol. The monoisotopic (exact) mass is 170 g/mol. The van der Waals surface area contributed by atoms with Gasteiger partial charge in [0.1, 0.15) is 0 Å². The second kappa shape index (κ2) is 3.65. The lowest BCUT2D eigenvalue weighted by Crippen LogP contribution is -2.40. The third-order valence-electron chi connectivity index (χ3n) is 0.913. The Bertz CT molecular complexity index is 77.6. The molecule has 1 atom stereocenters. The van der Waals surface area contributed by atoms with E-state index in [-0.39, 0.29) is 5.38 Å². The zero-order valence-electron chi connectivity index (χ0n) is 6.19. The molecule has 0 radical (unpaired) electrons. The van der Waals surface area contributed by atoms with Crippen molar-refractivity contribution in [3.8, 4) is 0 Å². The predicted octanol–water partition coefficient (Wildman–Crippen LogP) is 1.54. The minimum absolute atomic E-state index is 0.103. The lowest BCUT2D eigenvalue weighted by molar-refractivity contribution is -0.869. The highest BCUT2D eigenvalue weighted by Gasteiger charge is 2.13. The lowest BCUT2D eigenvalue weighted by atomic mass is 10.4. The summed E-state index contributed by atoms with van der Waals surface area (Å²) in [5.41, 5.74) is 0. The molecule has 0 fully saturated rings. The Morgan fingerprint density at radius 3 is 1.89 bits per heavy atom. The molecule has 0 saturated heterocycles. The van der Waals surface area contributed by atoms with Crippen LogP contribution in [0.15, 0.2) is 0 Å². The topological polar surface area (TPSA) is 0 Å². The van der Waals surface area contributed by atoms with E-state index in [9.17, 15) is 0 Å². The fourth-order valence-electron chi connectivity index (χ4n) is 0.643. The number of alkyl halides is 2. The zero-order valence-corrected chi connectivity index (χ0v) is 7.71. The second-order valence-corrected chi connectivity index (χ2v) is 4.15. The summed E-state index contributed by atoms with van der Waals surface area (Å²) in [4.78, 5) is 0. The van der Waals surface area contributed by atoms with Crippen LogP contribution in [-0.2, 0) is 0 Å². The molecular formula is C6H14Cl2N+. The Morgan fingerprint density at radius 2 is 1.78 bits per heavy atom. The molecule has 0 spiro atoms. The van der Waals surface area contributed by atoms with Gasteiger partial charge in [-0.1, -0.05) is 0 Å². The number of hydrogen-bond acceptors (Lipinski definition) is 0. The third kappa shape index (κ3) is 6.42. The summed E-state index contributed by atoms with van der Waals surface area (Å²) in [7, 11) is 6.30. The van der Waals surface area contributed by atoms with Crippen LogP contribution < -0.4 is 0 Å². The van der Waals surface area contributed by atoms with E-state index in [0.29, 0.717) is 5.88 Å². The highest BCUT2D eigenvalue weighted by molar-refractivity contribution is 6.28. The Morgan fingerprint density at radius 1 is 1.33 bits per heavy atom. The average molecular weight is 171 g/mol. The summed E-state index contributed by atoms with van der Waals surface area (Å²) in [6.07, 6.45) is 0. The van der Waals surface area contributed by atoms with Crippen molar-refractivity contribution in [2.75, 3.05) is 33.6 Å². The Kier molecular flexibility index (Phi) is 3.86. The first-order valence-corrected chi connectivity index (χ1v) is 3.93. The molecule has 0 amide bonds. The Hall–Kier alpha value is 0.540. The van der Waals surface area contributed by atoms with E-state index in [1.807, 2.05) is 0 Å². The van der Waals surface area contributed by atoms with Crippen molar-refractivity contribution >= 4 is 23.2 Å². The van der Waals surface area contributed by atoms with Gasteiger partial charge in [0.25, 0.3) is 0 Å². The van der Waals surface area contributed by atoms with Gasteiger partial charge in [-0.15, -0.1) is 23.2 Å². The van der Waals surface area contributed by atoms with Crippen LogP contribution in [0.5, 0.6) is 0 Å². The summed E-state index contributed by atoms with van der Waals surface area (Å²) in [6.45, 7) is 0.922. The highest BCUT2D eigenvalue weighted by atomic mass is 35.5. The van der Waals surface area contributed by atoms with Crippen LogP contribution >= 0.6 is 23.2 Å². The van der Waals surface area contributed by atoms with Gasteiger partial charge in [-0.2, -0.15) is 0 Å². The van der Waals surface area contributed by atoms with Gasteiger partial charge in [-0.05, 0) is 0 Å². The van der Waals surface area contributed by atoms with Crippen molar-refractivity contribution in [3.05, 3.63) is 0 Å². The van der Waals surface area contributed by atoms with E-state index in [1.54, 1.807) is 0 Å². The van der Waals surface area contributed by atoms with Gasteiger partial charge in [0, 0.05) is 5.88 Å². The smallest absolute Gasteiger partial charge is 0.0960 e. The van der Waals surface area contributed by atoms with E-state index < -0.39 is 0 Å². The van der Waals surface area contributed by atoms with E-state index in [0.717, 1.165) is 11.0 Å². The van der Waals surface area contributed by atoms with Crippen molar-refractivity contribution in [1.82, 2.24) is 0 Å². The molecule has 0 N–H and O–H groups in total. The molecule has 0 aliphatic rings. The second-order valence-electron chi connectivity index (χ2n) is 3.22. The fraction of sp³-hybridized carbons (Fsp3) is 1.00. The molecule has 0 aromatic rings. The lowest BCUT2D eigenvalue weighted by Gasteiger charge is -2.25. The molecule has 0 bridgehead atoms. The van der Waals surface area contributed by atoms with Crippen LogP contribution in [0.4, 0.5) is 0 Å². The summed E-state index contributed by atoms with van der Waals surface area (Å²) in [5, 5.41) is 0.103. The minimum Gasteiger partial charge on any atom is -0.330 e. The van der Waals surface area contributed by atoms with Crippen LogP contribution in [0.1, 0.15) is 0 Å². The Balaban J connectivity index is 3.47. The number of rotatable bonds is 3. The fourth-order valence-corrected chi connectivity index (χ4v) is 1.15. The molecule has 1 nitrogen and oxygen atoms in total. The third-order valence-corrected chi connectivity index (χ3v) is 1.74. The molecule has 3 heteroatoms. The predicted molar refractivity (Wildman–Crippen MR) is 43.3 cm³/mol. The molecule has 0 aromatic carbocycles. The summed E-state index contributed by atoms with van der Waals surface area (Å²) in [6, 6.07) is 0. The normalized spacial score (nSPS) is 15.7. The van der Waals surface area contributed by atoms with E-state index >= 15 is 0 Å². The van der Waals surface area contributed by atoms with Crippen molar-refractivity contribution < 1.29 is 4.48 Å². The van der Waals surface area contributed by atoms with Crippen LogP contribution in [0, 0.1) is 0 Å². The van der Waals surface area contributed by atoms with Crippen LogP contribution in [-0.4, -0.2) is 43.4 Å². The summed E-state index contributed by atoms with van der Waals surface area (Å²) >= 11 is 11.3. The van der Waals surface area contributed by atoms with Gasteiger partial charge in [-0.3, -0.25) is 0 Å². The number of halogens is 2. The maximum absolute atomic E-state index is 5.80. The molecule has 0 saturated carbocycles. The summed E-state index contributed by atoms with van der Waals surface area (Å²) < 4.78 is 0.876. The minimum atomic E-state index is 0.103.